The SMILES string of the molecule is CCC1SC(=O)N(C)C1c1ccccc1. The minimum atomic E-state index is 0.190. The summed E-state index contributed by atoms with van der Waals surface area (Å²) in [6.45, 7) is 2.14. The average Bonchev–Trinajstić information content (AvgIpc) is 2.56. The van der Waals surface area contributed by atoms with Gasteiger partial charge in [-0.25, -0.2) is 0 Å². The minimum Gasteiger partial charge on any atom is -0.328 e. The van der Waals surface area contributed by atoms with Crippen molar-refractivity contribution in [3.05, 3.63) is 35.9 Å². The summed E-state index contributed by atoms with van der Waals surface area (Å²) in [5.41, 5.74) is 1.24. The maximum absolute atomic E-state index is 11.6. The Morgan fingerprint density at radius 2 is 2.00 bits per heavy atom. The molecule has 1 saturated heterocycles. The third-order valence-corrected chi connectivity index (χ3v) is 4.24. The van der Waals surface area contributed by atoms with Gasteiger partial charge in [-0.05, 0) is 12.0 Å². The van der Waals surface area contributed by atoms with Crippen LogP contribution in [0.25, 0.3) is 0 Å². The molecule has 1 heterocycles. The third kappa shape index (κ3) is 1.88. The highest BCUT2D eigenvalue weighted by Crippen LogP contribution is 2.41. The van der Waals surface area contributed by atoms with Gasteiger partial charge in [0.25, 0.3) is 5.24 Å². The van der Waals surface area contributed by atoms with Crippen molar-refractivity contribution in [2.24, 2.45) is 0 Å². The highest BCUT2D eigenvalue weighted by atomic mass is 32.2. The van der Waals surface area contributed by atoms with Crippen LogP contribution in [0.15, 0.2) is 30.3 Å². The minimum absolute atomic E-state index is 0.190. The van der Waals surface area contributed by atoms with Gasteiger partial charge < -0.3 is 4.90 Å². The molecule has 2 nitrogen and oxygen atoms in total. The molecule has 0 N–H and O–H groups in total. The Balaban J connectivity index is 2.30. The molecule has 1 amide bonds. The van der Waals surface area contributed by atoms with E-state index < -0.39 is 0 Å². The second-order valence-electron chi connectivity index (χ2n) is 3.80. The fourth-order valence-corrected chi connectivity index (χ4v) is 3.21. The van der Waals surface area contributed by atoms with Crippen LogP contribution in [0.2, 0.25) is 0 Å². The van der Waals surface area contributed by atoms with Gasteiger partial charge in [-0.15, -0.1) is 0 Å². The van der Waals surface area contributed by atoms with Crippen molar-refractivity contribution in [1.82, 2.24) is 4.90 Å². The molecule has 0 radical (unpaired) electrons. The molecular weight excluding hydrogens is 206 g/mol. The van der Waals surface area contributed by atoms with E-state index in [-0.39, 0.29) is 11.3 Å². The number of thioether (sulfide) groups is 1. The van der Waals surface area contributed by atoms with Crippen molar-refractivity contribution in [2.75, 3.05) is 7.05 Å². The molecule has 0 aliphatic carbocycles. The lowest BCUT2D eigenvalue weighted by Crippen LogP contribution is -2.25. The van der Waals surface area contributed by atoms with Gasteiger partial charge in [0, 0.05) is 12.3 Å². The quantitative estimate of drug-likeness (QED) is 0.763. The second-order valence-corrected chi connectivity index (χ2v) is 4.99. The summed E-state index contributed by atoms with van der Waals surface area (Å²) >= 11 is 1.46. The van der Waals surface area contributed by atoms with Gasteiger partial charge in [-0.2, -0.15) is 0 Å². The van der Waals surface area contributed by atoms with Crippen molar-refractivity contribution in [2.45, 2.75) is 24.6 Å². The molecule has 1 aliphatic rings. The van der Waals surface area contributed by atoms with Crippen LogP contribution < -0.4 is 0 Å². The average molecular weight is 221 g/mol. The Morgan fingerprint density at radius 1 is 1.33 bits per heavy atom. The summed E-state index contributed by atoms with van der Waals surface area (Å²) < 4.78 is 0. The molecule has 3 heteroatoms. The van der Waals surface area contributed by atoms with Gasteiger partial charge in [0.1, 0.15) is 0 Å². The van der Waals surface area contributed by atoms with E-state index in [1.54, 1.807) is 0 Å². The van der Waals surface area contributed by atoms with Crippen LogP contribution in [0.4, 0.5) is 4.79 Å². The molecule has 2 unspecified atom stereocenters. The lowest BCUT2D eigenvalue weighted by atomic mass is 10.0. The largest absolute Gasteiger partial charge is 0.328 e. The molecule has 1 fully saturated rings. The van der Waals surface area contributed by atoms with Crippen LogP contribution in [0, 0.1) is 0 Å². The van der Waals surface area contributed by atoms with Crippen molar-refractivity contribution >= 4 is 17.0 Å². The zero-order valence-electron chi connectivity index (χ0n) is 9.01. The lowest BCUT2D eigenvalue weighted by molar-refractivity contribution is 0.221. The fraction of sp³-hybridized carbons (Fsp3) is 0.417. The summed E-state index contributed by atoms with van der Waals surface area (Å²) in [5, 5.41) is 0.584. The van der Waals surface area contributed by atoms with Gasteiger partial charge in [-0.1, -0.05) is 49.0 Å². The monoisotopic (exact) mass is 221 g/mol. The molecule has 80 valence electrons. The van der Waals surface area contributed by atoms with Crippen LogP contribution in [0.3, 0.4) is 0 Å². The van der Waals surface area contributed by atoms with Crippen LogP contribution in [-0.4, -0.2) is 22.4 Å². The van der Waals surface area contributed by atoms with E-state index in [1.807, 2.05) is 30.1 Å². The van der Waals surface area contributed by atoms with Gasteiger partial charge in [-0.3, -0.25) is 4.79 Å². The second kappa shape index (κ2) is 4.27. The zero-order valence-corrected chi connectivity index (χ0v) is 9.83. The van der Waals surface area contributed by atoms with Crippen molar-refractivity contribution in [3.63, 3.8) is 0 Å². The number of amides is 1. The number of rotatable bonds is 2. The molecular formula is C12H15NOS. The summed E-state index contributed by atoms with van der Waals surface area (Å²) in [4.78, 5) is 13.5. The van der Waals surface area contributed by atoms with E-state index in [4.69, 9.17) is 0 Å². The summed E-state index contributed by atoms with van der Waals surface area (Å²) in [6.07, 6.45) is 1.03. The van der Waals surface area contributed by atoms with Crippen LogP contribution in [0.5, 0.6) is 0 Å². The van der Waals surface area contributed by atoms with Gasteiger partial charge >= 0.3 is 0 Å². The number of carbonyl (C=O) groups excluding carboxylic acids is 1. The number of hydrogen-bond acceptors (Lipinski definition) is 2. The van der Waals surface area contributed by atoms with Crippen LogP contribution in [-0.2, 0) is 0 Å². The number of nitrogens with zero attached hydrogens (tertiary/aromatic N) is 1. The standard InChI is InChI=1S/C12H15NOS/c1-3-10-11(13(2)12(14)15-10)9-7-5-4-6-8-9/h4-8,10-11H,3H2,1-2H3. The summed E-state index contributed by atoms with van der Waals surface area (Å²) in [6, 6.07) is 10.5. The Labute approximate surface area is 94.7 Å². The normalized spacial score (nSPS) is 26.0. The molecule has 0 spiro atoms. The van der Waals surface area contributed by atoms with E-state index in [0.717, 1.165) is 6.42 Å². The predicted octanol–water partition coefficient (Wildman–Crippen LogP) is 3.30. The van der Waals surface area contributed by atoms with E-state index in [2.05, 4.69) is 19.1 Å². The maximum Gasteiger partial charge on any atom is 0.282 e. The fourth-order valence-electron chi connectivity index (χ4n) is 2.04. The number of benzene rings is 1. The molecule has 15 heavy (non-hydrogen) atoms. The molecule has 0 saturated carbocycles. The van der Waals surface area contributed by atoms with E-state index in [1.165, 1.54) is 17.3 Å². The first-order chi connectivity index (χ1) is 7.24. The maximum atomic E-state index is 11.6. The Hall–Kier alpha value is -0.960. The molecule has 0 aromatic heterocycles. The van der Waals surface area contributed by atoms with Crippen molar-refractivity contribution < 1.29 is 4.79 Å². The van der Waals surface area contributed by atoms with Crippen molar-refractivity contribution in [3.8, 4) is 0 Å². The summed E-state index contributed by atoms with van der Waals surface area (Å²) in [5.74, 6) is 0. The van der Waals surface area contributed by atoms with Gasteiger partial charge in [0.15, 0.2) is 0 Å². The predicted molar refractivity (Wildman–Crippen MR) is 64.0 cm³/mol. The third-order valence-electron chi connectivity index (χ3n) is 2.85. The lowest BCUT2D eigenvalue weighted by Gasteiger charge is -2.23. The van der Waals surface area contributed by atoms with E-state index in [9.17, 15) is 4.79 Å². The number of carbonyl (C=O) groups is 1. The van der Waals surface area contributed by atoms with Gasteiger partial charge in [0.05, 0.1) is 6.04 Å². The highest BCUT2D eigenvalue weighted by molar-refractivity contribution is 8.14. The van der Waals surface area contributed by atoms with Crippen LogP contribution >= 0.6 is 11.8 Å². The first-order valence-electron chi connectivity index (χ1n) is 5.22. The van der Waals surface area contributed by atoms with E-state index in [0.29, 0.717) is 5.25 Å². The first-order valence-corrected chi connectivity index (χ1v) is 6.10. The molecule has 1 aromatic rings. The first kappa shape index (κ1) is 10.6. The topological polar surface area (TPSA) is 20.3 Å². The summed E-state index contributed by atoms with van der Waals surface area (Å²) in [7, 11) is 1.89. The Bertz CT molecular complexity index is 352. The molecule has 2 rings (SSSR count). The Kier molecular flexibility index (Phi) is 3.00. The number of hydrogen-bond donors (Lipinski definition) is 0. The molecule has 1 aliphatic heterocycles. The molecule has 1 aromatic carbocycles. The van der Waals surface area contributed by atoms with Crippen LogP contribution in [0.1, 0.15) is 24.9 Å². The van der Waals surface area contributed by atoms with Crippen molar-refractivity contribution in [1.29, 1.82) is 0 Å². The van der Waals surface area contributed by atoms with Gasteiger partial charge in [0.2, 0.25) is 0 Å². The highest BCUT2D eigenvalue weighted by Gasteiger charge is 2.37. The smallest absolute Gasteiger partial charge is 0.282 e. The Morgan fingerprint density at radius 3 is 2.60 bits per heavy atom. The molecule has 0 bridgehead atoms. The van der Waals surface area contributed by atoms with E-state index >= 15 is 0 Å². The zero-order chi connectivity index (χ0) is 10.8. The molecule has 2 atom stereocenters.